The van der Waals surface area contributed by atoms with Crippen molar-refractivity contribution in [2.75, 3.05) is 0 Å². The van der Waals surface area contributed by atoms with Gasteiger partial charge in [0.05, 0.1) is 12.9 Å². The number of halogens is 1. The first-order valence-corrected chi connectivity index (χ1v) is 6.62. The number of nitrogens with two attached hydrogens (primary N) is 1. The Hall–Kier alpha value is -1.10. The van der Waals surface area contributed by atoms with Crippen molar-refractivity contribution in [1.82, 2.24) is 0 Å². The van der Waals surface area contributed by atoms with Crippen molar-refractivity contribution in [2.45, 2.75) is 25.7 Å². The lowest BCUT2D eigenvalue weighted by atomic mass is 10.1. The molecule has 0 radical (unpaired) electrons. The Morgan fingerprint density at radius 1 is 1.28 bits per heavy atom. The van der Waals surface area contributed by atoms with Gasteiger partial charge in [0.2, 0.25) is 0 Å². The highest BCUT2D eigenvalue weighted by Gasteiger charge is 2.19. The Kier molecular flexibility index (Phi) is 4.58. The first-order chi connectivity index (χ1) is 8.68. The Bertz CT molecular complexity index is 482. The zero-order valence-electron chi connectivity index (χ0n) is 10.2. The molecule has 96 valence electrons. The number of hydrogen-bond donors (Lipinski definition) is 1. The molecule has 0 aliphatic rings. The van der Waals surface area contributed by atoms with Gasteiger partial charge in [-0.05, 0) is 30.7 Å². The fraction of sp³-hybridized carbons (Fsp3) is 0.286. The van der Waals surface area contributed by atoms with Gasteiger partial charge in [0, 0.05) is 10.5 Å². The molecule has 1 heterocycles. The van der Waals surface area contributed by atoms with Crippen molar-refractivity contribution >= 4 is 15.9 Å². The highest BCUT2D eigenvalue weighted by Crippen LogP contribution is 2.24. The van der Waals surface area contributed by atoms with Gasteiger partial charge in [-0.2, -0.15) is 0 Å². The molecule has 0 spiro atoms. The van der Waals surface area contributed by atoms with Crippen LogP contribution in [0.15, 0.2) is 51.6 Å². The first-order valence-electron chi connectivity index (χ1n) is 5.82. The average Bonchev–Trinajstić information content (AvgIpc) is 2.85. The summed E-state index contributed by atoms with van der Waals surface area (Å²) in [4.78, 5) is 0. The minimum absolute atomic E-state index is 0.126. The van der Waals surface area contributed by atoms with Crippen LogP contribution in [0.4, 0.5) is 0 Å². The second-order valence-electron chi connectivity index (χ2n) is 4.20. The zero-order chi connectivity index (χ0) is 13.0. The summed E-state index contributed by atoms with van der Waals surface area (Å²) in [6, 6.07) is 11.6. The van der Waals surface area contributed by atoms with E-state index in [0.717, 1.165) is 15.8 Å². The summed E-state index contributed by atoms with van der Waals surface area (Å²) in [6.07, 6.45) is 1.40. The Labute approximate surface area is 115 Å². The number of ether oxygens (including phenoxy) is 1. The van der Waals surface area contributed by atoms with Crippen LogP contribution in [0, 0.1) is 0 Å². The van der Waals surface area contributed by atoms with Gasteiger partial charge in [-0.25, -0.2) is 0 Å². The predicted molar refractivity (Wildman–Crippen MR) is 74.0 cm³/mol. The fourth-order valence-corrected chi connectivity index (χ4v) is 2.14. The maximum atomic E-state index is 5.93. The van der Waals surface area contributed by atoms with Crippen LogP contribution in [0.5, 0.6) is 0 Å². The van der Waals surface area contributed by atoms with E-state index in [0.29, 0.717) is 6.61 Å². The summed E-state index contributed by atoms with van der Waals surface area (Å²) in [7, 11) is 0. The minimum atomic E-state index is -0.230. The van der Waals surface area contributed by atoms with E-state index in [9.17, 15) is 0 Å². The van der Waals surface area contributed by atoms with Gasteiger partial charge in [0.1, 0.15) is 11.9 Å². The molecule has 18 heavy (non-hydrogen) atoms. The van der Waals surface area contributed by atoms with Gasteiger partial charge in [-0.15, -0.1) is 0 Å². The van der Waals surface area contributed by atoms with Crippen LogP contribution in [-0.4, -0.2) is 6.04 Å². The summed E-state index contributed by atoms with van der Waals surface area (Å²) in [5.41, 5.74) is 7.03. The highest BCUT2D eigenvalue weighted by molar-refractivity contribution is 9.10. The smallest absolute Gasteiger partial charge is 0.134 e. The molecule has 1 aromatic carbocycles. The van der Waals surface area contributed by atoms with Gasteiger partial charge in [-0.1, -0.05) is 34.1 Å². The largest absolute Gasteiger partial charge is 0.467 e. The molecule has 2 atom stereocenters. The van der Waals surface area contributed by atoms with E-state index in [1.807, 2.05) is 43.3 Å². The summed E-state index contributed by atoms with van der Waals surface area (Å²) < 4.78 is 12.3. The molecule has 2 rings (SSSR count). The van der Waals surface area contributed by atoms with Gasteiger partial charge >= 0.3 is 0 Å². The minimum Gasteiger partial charge on any atom is -0.467 e. The topological polar surface area (TPSA) is 48.4 Å². The summed E-state index contributed by atoms with van der Waals surface area (Å²) in [5.74, 6) is 0.761. The number of rotatable bonds is 5. The third kappa shape index (κ3) is 3.22. The van der Waals surface area contributed by atoms with Crippen LogP contribution in [-0.2, 0) is 11.3 Å². The number of furan rings is 1. The van der Waals surface area contributed by atoms with E-state index < -0.39 is 0 Å². The van der Waals surface area contributed by atoms with Crippen LogP contribution in [0.3, 0.4) is 0 Å². The molecule has 0 saturated carbocycles. The second-order valence-corrected chi connectivity index (χ2v) is 5.05. The van der Waals surface area contributed by atoms with Crippen LogP contribution in [0.2, 0.25) is 0 Å². The fourth-order valence-electron chi connectivity index (χ4n) is 1.74. The summed E-state index contributed by atoms with van der Waals surface area (Å²) in [5, 5.41) is 0. The quantitative estimate of drug-likeness (QED) is 0.917. The standard InChI is InChI=1S/C14H16BrNO2/c1-10(16)14(13-7-4-8-17-13)18-9-11-5-2-3-6-12(11)15/h2-8,10,14H,9,16H2,1H3. The molecule has 0 fully saturated rings. The van der Waals surface area contributed by atoms with Gasteiger partial charge < -0.3 is 14.9 Å². The van der Waals surface area contributed by atoms with Crippen molar-refractivity contribution in [3.05, 3.63) is 58.5 Å². The third-order valence-electron chi connectivity index (χ3n) is 2.68. The molecule has 0 aliphatic heterocycles. The Morgan fingerprint density at radius 2 is 2.06 bits per heavy atom. The average molecular weight is 310 g/mol. The molecule has 1 aromatic heterocycles. The van der Waals surface area contributed by atoms with Crippen molar-refractivity contribution in [3.63, 3.8) is 0 Å². The van der Waals surface area contributed by atoms with E-state index in [2.05, 4.69) is 15.9 Å². The third-order valence-corrected chi connectivity index (χ3v) is 3.45. The lowest BCUT2D eigenvalue weighted by molar-refractivity contribution is 0.0117. The summed E-state index contributed by atoms with van der Waals surface area (Å²) >= 11 is 3.50. The lowest BCUT2D eigenvalue weighted by Crippen LogP contribution is -2.26. The van der Waals surface area contributed by atoms with Crippen molar-refractivity contribution in [1.29, 1.82) is 0 Å². The molecule has 2 unspecified atom stereocenters. The first kappa shape index (κ1) is 13.3. The molecule has 4 heteroatoms. The maximum absolute atomic E-state index is 5.93. The number of hydrogen-bond acceptors (Lipinski definition) is 3. The lowest BCUT2D eigenvalue weighted by Gasteiger charge is -2.19. The normalized spacial score (nSPS) is 14.4. The van der Waals surface area contributed by atoms with E-state index in [1.54, 1.807) is 6.26 Å². The summed E-state index contributed by atoms with van der Waals surface area (Å²) in [6.45, 7) is 2.40. The van der Waals surface area contributed by atoms with E-state index in [4.69, 9.17) is 14.9 Å². The molecule has 2 N–H and O–H groups in total. The Morgan fingerprint density at radius 3 is 2.67 bits per heavy atom. The van der Waals surface area contributed by atoms with Crippen molar-refractivity contribution in [2.24, 2.45) is 5.73 Å². The molecule has 3 nitrogen and oxygen atoms in total. The highest BCUT2D eigenvalue weighted by atomic mass is 79.9. The Balaban J connectivity index is 2.05. The van der Waals surface area contributed by atoms with Crippen molar-refractivity contribution < 1.29 is 9.15 Å². The molecule has 0 saturated heterocycles. The van der Waals surface area contributed by atoms with Crippen LogP contribution >= 0.6 is 15.9 Å². The molecule has 0 aliphatic carbocycles. The monoisotopic (exact) mass is 309 g/mol. The van der Waals surface area contributed by atoms with E-state index >= 15 is 0 Å². The SMILES string of the molecule is CC(N)C(OCc1ccccc1Br)c1ccco1. The van der Waals surface area contributed by atoms with Gasteiger partial charge in [0.25, 0.3) is 0 Å². The van der Waals surface area contributed by atoms with Crippen LogP contribution < -0.4 is 5.73 Å². The van der Waals surface area contributed by atoms with Crippen molar-refractivity contribution in [3.8, 4) is 0 Å². The maximum Gasteiger partial charge on any atom is 0.134 e. The predicted octanol–water partition coefficient (Wildman–Crippen LogP) is 3.65. The van der Waals surface area contributed by atoms with Crippen LogP contribution in [0.1, 0.15) is 24.4 Å². The van der Waals surface area contributed by atoms with E-state index in [-0.39, 0.29) is 12.1 Å². The molecule has 2 aromatic rings. The van der Waals surface area contributed by atoms with Gasteiger partial charge in [-0.3, -0.25) is 0 Å². The van der Waals surface area contributed by atoms with Crippen LogP contribution in [0.25, 0.3) is 0 Å². The van der Waals surface area contributed by atoms with E-state index in [1.165, 1.54) is 0 Å². The zero-order valence-corrected chi connectivity index (χ0v) is 11.8. The van der Waals surface area contributed by atoms with Gasteiger partial charge in [0.15, 0.2) is 0 Å². The molecular formula is C14H16BrNO2. The molecular weight excluding hydrogens is 294 g/mol. The second kappa shape index (κ2) is 6.18. The molecule has 0 bridgehead atoms. The number of benzene rings is 1. The molecule has 0 amide bonds.